The monoisotopic (exact) mass is 263 g/mol. The van der Waals surface area contributed by atoms with Gasteiger partial charge in [0.2, 0.25) is 5.82 Å². The van der Waals surface area contributed by atoms with Crippen LogP contribution in [0.1, 0.15) is 38.2 Å². The zero-order valence-electron chi connectivity index (χ0n) is 11.6. The van der Waals surface area contributed by atoms with E-state index in [4.69, 9.17) is 0 Å². The van der Waals surface area contributed by atoms with Crippen molar-refractivity contribution >= 4 is 11.5 Å². The van der Waals surface area contributed by atoms with Crippen LogP contribution in [0.3, 0.4) is 0 Å². The lowest BCUT2D eigenvalue weighted by molar-refractivity contribution is -0.384. The summed E-state index contributed by atoms with van der Waals surface area (Å²) in [6.45, 7) is 4.81. The number of aromatic nitrogens is 1. The average molecular weight is 263 g/mol. The maximum atomic E-state index is 11.1. The molecule has 2 rings (SSSR count). The van der Waals surface area contributed by atoms with E-state index in [9.17, 15) is 10.1 Å². The van der Waals surface area contributed by atoms with Gasteiger partial charge in [0.05, 0.1) is 4.92 Å². The summed E-state index contributed by atoms with van der Waals surface area (Å²) in [5.74, 6) is 1.84. The third-order valence-electron chi connectivity index (χ3n) is 4.00. The van der Waals surface area contributed by atoms with Crippen LogP contribution in [-0.2, 0) is 0 Å². The van der Waals surface area contributed by atoms with Crippen LogP contribution in [0.4, 0.5) is 11.5 Å². The Bertz CT molecular complexity index is 454. The number of nitrogens with zero attached hydrogens (tertiary/aromatic N) is 2. The number of nitro groups is 1. The molecule has 5 nitrogen and oxygen atoms in total. The van der Waals surface area contributed by atoms with Gasteiger partial charge in [0.25, 0.3) is 0 Å². The van der Waals surface area contributed by atoms with Crippen molar-refractivity contribution in [2.45, 2.75) is 39.5 Å². The number of hydrogen-bond donors (Lipinski definition) is 1. The molecule has 1 saturated carbocycles. The van der Waals surface area contributed by atoms with E-state index in [2.05, 4.69) is 17.2 Å². The molecule has 0 radical (unpaired) electrons. The molecule has 104 valence electrons. The van der Waals surface area contributed by atoms with E-state index in [1.807, 2.05) is 0 Å². The fraction of sp³-hybridized carbons (Fsp3) is 0.643. The van der Waals surface area contributed by atoms with Crippen molar-refractivity contribution in [3.05, 3.63) is 27.9 Å². The molecule has 0 atom stereocenters. The second-order valence-corrected chi connectivity index (χ2v) is 5.59. The quantitative estimate of drug-likeness (QED) is 0.666. The van der Waals surface area contributed by atoms with Gasteiger partial charge >= 0.3 is 5.69 Å². The molecule has 0 unspecified atom stereocenters. The molecule has 5 heteroatoms. The van der Waals surface area contributed by atoms with E-state index in [0.717, 1.165) is 12.5 Å². The standard InChI is InChI=1S/C14H21N3O2/c1-10-3-5-12(6-4-10)9-16-14-13(17(18)19)11(2)7-8-15-14/h7-8,10,12H,3-6,9H2,1-2H3,(H,15,16). The van der Waals surface area contributed by atoms with E-state index in [0.29, 0.717) is 17.3 Å². The molecule has 0 bridgehead atoms. The molecule has 1 aliphatic rings. The van der Waals surface area contributed by atoms with Crippen molar-refractivity contribution in [2.24, 2.45) is 11.8 Å². The number of pyridine rings is 1. The van der Waals surface area contributed by atoms with Gasteiger partial charge in [-0.2, -0.15) is 0 Å². The predicted molar refractivity (Wildman–Crippen MR) is 75.2 cm³/mol. The van der Waals surface area contributed by atoms with Gasteiger partial charge < -0.3 is 5.32 Å². The van der Waals surface area contributed by atoms with Gasteiger partial charge in [0.1, 0.15) is 0 Å². The SMILES string of the molecule is Cc1ccnc(NCC2CCC(C)CC2)c1[N+](=O)[O-]. The number of hydrogen-bond acceptors (Lipinski definition) is 4. The molecule has 1 aromatic heterocycles. The van der Waals surface area contributed by atoms with Crippen LogP contribution in [0.15, 0.2) is 12.3 Å². The molecule has 1 N–H and O–H groups in total. The molecule has 0 saturated heterocycles. The van der Waals surface area contributed by atoms with Gasteiger partial charge in [0.15, 0.2) is 0 Å². The Labute approximate surface area is 113 Å². The number of nitrogens with one attached hydrogen (secondary N) is 1. The zero-order chi connectivity index (χ0) is 13.8. The fourth-order valence-electron chi connectivity index (χ4n) is 2.68. The summed E-state index contributed by atoms with van der Waals surface area (Å²) in [4.78, 5) is 14.8. The molecule has 0 aromatic carbocycles. The van der Waals surface area contributed by atoms with Crippen molar-refractivity contribution in [3.8, 4) is 0 Å². The summed E-state index contributed by atoms with van der Waals surface area (Å²) < 4.78 is 0. The summed E-state index contributed by atoms with van der Waals surface area (Å²) in [7, 11) is 0. The first kappa shape index (κ1) is 13.8. The van der Waals surface area contributed by atoms with Crippen molar-refractivity contribution in [1.82, 2.24) is 4.98 Å². The second-order valence-electron chi connectivity index (χ2n) is 5.59. The van der Waals surface area contributed by atoms with Crippen LogP contribution in [0, 0.1) is 28.9 Å². The topological polar surface area (TPSA) is 68.1 Å². The Balaban J connectivity index is 2.00. The molecule has 1 aliphatic carbocycles. The highest BCUT2D eigenvalue weighted by Crippen LogP contribution is 2.30. The summed E-state index contributed by atoms with van der Waals surface area (Å²) >= 11 is 0. The Morgan fingerprint density at radius 3 is 2.74 bits per heavy atom. The highest BCUT2D eigenvalue weighted by atomic mass is 16.6. The van der Waals surface area contributed by atoms with E-state index >= 15 is 0 Å². The van der Waals surface area contributed by atoms with E-state index < -0.39 is 0 Å². The van der Waals surface area contributed by atoms with Gasteiger partial charge in [0, 0.05) is 18.3 Å². The minimum absolute atomic E-state index is 0.103. The van der Waals surface area contributed by atoms with Crippen molar-refractivity contribution in [1.29, 1.82) is 0 Å². The third-order valence-corrected chi connectivity index (χ3v) is 4.00. The van der Waals surface area contributed by atoms with Crippen LogP contribution in [0.5, 0.6) is 0 Å². The summed E-state index contributed by atoms with van der Waals surface area (Å²) in [6.07, 6.45) is 6.54. The van der Waals surface area contributed by atoms with Crippen molar-refractivity contribution in [3.63, 3.8) is 0 Å². The minimum Gasteiger partial charge on any atom is -0.364 e. The normalized spacial score (nSPS) is 23.1. The average Bonchev–Trinajstić information content (AvgIpc) is 2.37. The number of aryl methyl sites for hydroxylation is 1. The highest BCUT2D eigenvalue weighted by Gasteiger charge is 2.21. The molecule has 1 aromatic rings. The molecular weight excluding hydrogens is 242 g/mol. The van der Waals surface area contributed by atoms with Gasteiger partial charge in [-0.25, -0.2) is 4.98 Å². The molecule has 0 aliphatic heterocycles. The van der Waals surface area contributed by atoms with Gasteiger partial charge in [-0.05, 0) is 37.7 Å². The molecule has 0 spiro atoms. The van der Waals surface area contributed by atoms with Crippen LogP contribution in [-0.4, -0.2) is 16.5 Å². The fourth-order valence-corrected chi connectivity index (χ4v) is 2.68. The third kappa shape index (κ3) is 3.43. The first-order chi connectivity index (χ1) is 9.08. The molecule has 1 fully saturated rings. The Kier molecular flexibility index (Phi) is 4.35. The van der Waals surface area contributed by atoms with Crippen molar-refractivity contribution in [2.75, 3.05) is 11.9 Å². The molecule has 0 amide bonds. The highest BCUT2D eigenvalue weighted by molar-refractivity contribution is 5.59. The lowest BCUT2D eigenvalue weighted by Gasteiger charge is -2.26. The minimum atomic E-state index is -0.354. The smallest absolute Gasteiger partial charge is 0.314 e. The predicted octanol–water partition coefficient (Wildman–Crippen LogP) is 3.54. The summed E-state index contributed by atoms with van der Waals surface area (Å²) in [6, 6.07) is 1.67. The number of rotatable bonds is 4. The Morgan fingerprint density at radius 1 is 1.42 bits per heavy atom. The van der Waals surface area contributed by atoms with Gasteiger partial charge in [-0.1, -0.05) is 19.8 Å². The largest absolute Gasteiger partial charge is 0.364 e. The van der Waals surface area contributed by atoms with Crippen molar-refractivity contribution < 1.29 is 4.92 Å². The van der Waals surface area contributed by atoms with Gasteiger partial charge in [-0.15, -0.1) is 0 Å². The lowest BCUT2D eigenvalue weighted by Crippen LogP contribution is -2.21. The Morgan fingerprint density at radius 2 is 2.11 bits per heavy atom. The maximum Gasteiger partial charge on any atom is 0.314 e. The molecule has 19 heavy (non-hydrogen) atoms. The van der Waals surface area contributed by atoms with Crippen LogP contribution in [0.2, 0.25) is 0 Å². The maximum absolute atomic E-state index is 11.1. The number of anilines is 1. The zero-order valence-corrected chi connectivity index (χ0v) is 11.6. The summed E-state index contributed by atoms with van der Waals surface area (Å²) in [5.41, 5.74) is 0.756. The van der Waals surface area contributed by atoms with E-state index in [-0.39, 0.29) is 10.6 Å². The Hall–Kier alpha value is -1.65. The molecule has 1 heterocycles. The first-order valence-corrected chi connectivity index (χ1v) is 6.91. The molecular formula is C14H21N3O2. The van der Waals surface area contributed by atoms with Crippen LogP contribution >= 0.6 is 0 Å². The van der Waals surface area contributed by atoms with E-state index in [1.54, 1.807) is 19.2 Å². The summed E-state index contributed by atoms with van der Waals surface area (Å²) in [5, 5.41) is 14.2. The van der Waals surface area contributed by atoms with Crippen LogP contribution < -0.4 is 5.32 Å². The first-order valence-electron chi connectivity index (χ1n) is 6.91. The van der Waals surface area contributed by atoms with Crippen LogP contribution in [0.25, 0.3) is 0 Å². The van der Waals surface area contributed by atoms with E-state index in [1.165, 1.54) is 25.7 Å². The lowest BCUT2D eigenvalue weighted by atomic mass is 9.83. The van der Waals surface area contributed by atoms with Gasteiger partial charge in [-0.3, -0.25) is 10.1 Å². The second kappa shape index (κ2) is 5.99.